The molecular weight excluding hydrogens is 424 g/mol. The van der Waals surface area contributed by atoms with Gasteiger partial charge in [0, 0.05) is 60.0 Å². The summed E-state index contributed by atoms with van der Waals surface area (Å²) < 4.78 is 8.38. The van der Waals surface area contributed by atoms with Gasteiger partial charge in [-0.05, 0) is 36.8 Å². The van der Waals surface area contributed by atoms with E-state index in [0.717, 1.165) is 52.1 Å². The topological polar surface area (TPSA) is 70.9 Å². The van der Waals surface area contributed by atoms with Gasteiger partial charge in [-0.1, -0.05) is 24.3 Å². The minimum absolute atomic E-state index is 0.0317. The number of fused-ring (bicyclic) bond motifs is 2. The number of ether oxygens (including phenoxy) is 1. The Balaban J connectivity index is 1.34. The quantitative estimate of drug-likeness (QED) is 0.342. The summed E-state index contributed by atoms with van der Waals surface area (Å²) in [6.45, 7) is 4.18. The summed E-state index contributed by atoms with van der Waals surface area (Å²) in [7, 11) is 0. The third-order valence-corrected chi connectivity index (χ3v) is 5.89. The van der Waals surface area contributed by atoms with Crippen molar-refractivity contribution < 1.29 is 9.30 Å². The van der Waals surface area contributed by atoms with Gasteiger partial charge in [0.2, 0.25) is 5.52 Å². The Labute approximate surface area is 197 Å². The number of hydrogen-bond donors (Lipinski definition) is 2. The van der Waals surface area contributed by atoms with Crippen LogP contribution in [0, 0.1) is 0 Å². The lowest BCUT2D eigenvalue weighted by atomic mass is 10.1. The number of aromatic amines is 1. The van der Waals surface area contributed by atoms with Crippen molar-refractivity contribution in [2.45, 2.75) is 19.9 Å². The van der Waals surface area contributed by atoms with Crippen LogP contribution in [0.5, 0.6) is 5.75 Å². The fourth-order valence-electron chi connectivity index (χ4n) is 4.18. The fourth-order valence-corrected chi connectivity index (χ4v) is 4.18. The fraction of sp³-hybridized carbons (Fsp3) is 0.179. The third kappa shape index (κ3) is 4.62. The second-order valence-electron chi connectivity index (χ2n) is 8.23. The van der Waals surface area contributed by atoms with Crippen molar-refractivity contribution >= 4 is 27.6 Å². The Kier molecular flexibility index (Phi) is 6.21. The third-order valence-electron chi connectivity index (χ3n) is 5.89. The second-order valence-corrected chi connectivity index (χ2v) is 8.23. The molecule has 0 unspecified atom stereocenters. The van der Waals surface area contributed by atoms with Crippen molar-refractivity contribution in [3.63, 3.8) is 0 Å². The molecule has 0 bridgehead atoms. The molecule has 5 aromatic rings. The van der Waals surface area contributed by atoms with E-state index in [1.807, 2.05) is 48.7 Å². The number of H-pyrrole nitrogens is 1. The second kappa shape index (κ2) is 9.75. The van der Waals surface area contributed by atoms with Gasteiger partial charge in [-0.25, -0.2) is 4.98 Å². The highest BCUT2D eigenvalue weighted by atomic mass is 16.5. The average molecular weight is 452 g/mol. The first-order chi connectivity index (χ1) is 16.7. The van der Waals surface area contributed by atoms with Crippen molar-refractivity contribution in [2.75, 3.05) is 18.5 Å². The minimum atomic E-state index is 0.0317. The Morgan fingerprint density at radius 3 is 2.74 bits per heavy atom. The van der Waals surface area contributed by atoms with Crippen LogP contribution >= 0.6 is 0 Å². The molecule has 0 fully saturated rings. The van der Waals surface area contributed by atoms with Crippen LogP contribution in [0.1, 0.15) is 18.1 Å². The van der Waals surface area contributed by atoms with E-state index in [1.165, 1.54) is 0 Å². The van der Waals surface area contributed by atoms with Crippen molar-refractivity contribution in [1.82, 2.24) is 9.97 Å². The molecule has 170 valence electrons. The molecule has 0 amide bonds. The molecule has 6 nitrogen and oxygen atoms in total. The Morgan fingerprint density at radius 1 is 1.00 bits per heavy atom. The maximum absolute atomic E-state index is 12.0. The van der Waals surface area contributed by atoms with Crippen molar-refractivity contribution in [3.05, 3.63) is 107 Å². The molecule has 3 heterocycles. The molecule has 3 aromatic heterocycles. The highest BCUT2D eigenvalue weighted by molar-refractivity contribution is 5.82. The first-order valence-corrected chi connectivity index (χ1v) is 11.5. The highest BCUT2D eigenvalue weighted by Crippen LogP contribution is 2.23. The zero-order valence-corrected chi connectivity index (χ0v) is 19.1. The van der Waals surface area contributed by atoms with Crippen LogP contribution < -0.4 is 20.0 Å². The van der Waals surface area contributed by atoms with E-state index in [-0.39, 0.29) is 5.43 Å². The van der Waals surface area contributed by atoms with E-state index in [0.29, 0.717) is 18.5 Å². The number of benzene rings is 2. The average Bonchev–Trinajstić information content (AvgIpc) is 2.87. The molecule has 2 N–H and O–H groups in total. The van der Waals surface area contributed by atoms with E-state index in [9.17, 15) is 4.79 Å². The van der Waals surface area contributed by atoms with Crippen molar-refractivity contribution in [2.24, 2.45) is 0 Å². The summed E-state index contributed by atoms with van der Waals surface area (Å²) in [6.07, 6.45) is 6.44. The zero-order chi connectivity index (χ0) is 23.3. The summed E-state index contributed by atoms with van der Waals surface area (Å²) in [5.74, 6) is 1.76. The Hall–Kier alpha value is -4.19. The lowest BCUT2D eigenvalue weighted by Crippen LogP contribution is -2.34. The molecule has 0 spiro atoms. The predicted octanol–water partition coefficient (Wildman–Crippen LogP) is 4.47. The van der Waals surface area contributed by atoms with Crippen LogP contribution in [0.4, 0.5) is 5.82 Å². The number of para-hydroxylation sites is 1. The molecule has 0 aliphatic rings. The maximum atomic E-state index is 12.0. The van der Waals surface area contributed by atoms with E-state index in [2.05, 4.69) is 51.2 Å². The largest absolute Gasteiger partial charge is 0.492 e. The first kappa shape index (κ1) is 21.6. The van der Waals surface area contributed by atoms with Gasteiger partial charge in [0.05, 0.1) is 12.0 Å². The molecule has 2 aromatic carbocycles. The summed E-state index contributed by atoms with van der Waals surface area (Å²) >= 11 is 0. The molecule has 0 saturated carbocycles. The number of hydrogen-bond acceptors (Lipinski definition) is 4. The maximum Gasteiger partial charge on any atom is 0.216 e. The zero-order valence-electron chi connectivity index (χ0n) is 19.1. The standard InChI is InChI=1S/C28H26N4O2/c1-2-29-28-10-8-20(18-31-28)13-16-34-27-12-15-32(25-6-4-3-5-23(25)27)19-21-7-9-22-24(17-21)30-14-11-26(22)33/h3-12,14-15,17-18H,2,13,16,19H2,1H3,(H-,29,30,31,33)/p+1. The lowest BCUT2D eigenvalue weighted by molar-refractivity contribution is -0.662. The van der Waals surface area contributed by atoms with E-state index in [4.69, 9.17) is 4.74 Å². The van der Waals surface area contributed by atoms with Crippen molar-refractivity contribution in [1.29, 1.82) is 0 Å². The van der Waals surface area contributed by atoms with Crippen LogP contribution in [0.2, 0.25) is 0 Å². The lowest BCUT2D eigenvalue weighted by Gasteiger charge is -2.10. The number of rotatable bonds is 8. The van der Waals surface area contributed by atoms with E-state index < -0.39 is 0 Å². The van der Waals surface area contributed by atoms with Gasteiger partial charge >= 0.3 is 0 Å². The van der Waals surface area contributed by atoms with Crippen molar-refractivity contribution in [3.8, 4) is 5.75 Å². The summed E-state index contributed by atoms with van der Waals surface area (Å²) in [5, 5.41) is 4.98. The van der Waals surface area contributed by atoms with Gasteiger partial charge in [0.1, 0.15) is 11.6 Å². The monoisotopic (exact) mass is 451 g/mol. The molecular formula is C28H27N4O2+. The summed E-state index contributed by atoms with van der Waals surface area (Å²) in [4.78, 5) is 19.6. The number of aromatic nitrogens is 3. The van der Waals surface area contributed by atoms with E-state index in [1.54, 1.807) is 12.3 Å². The van der Waals surface area contributed by atoms with Crippen LogP contribution in [-0.2, 0) is 13.0 Å². The summed E-state index contributed by atoms with van der Waals surface area (Å²) in [6, 6.07) is 21.9. The molecule has 6 heteroatoms. The highest BCUT2D eigenvalue weighted by Gasteiger charge is 2.14. The van der Waals surface area contributed by atoms with Gasteiger partial charge < -0.3 is 15.0 Å². The van der Waals surface area contributed by atoms with Gasteiger partial charge in [-0.3, -0.25) is 4.79 Å². The Bertz CT molecular complexity index is 1490. The molecule has 0 radical (unpaired) electrons. The molecule has 0 atom stereocenters. The Morgan fingerprint density at radius 2 is 1.88 bits per heavy atom. The molecule has 5 rings (SSSR count). The number of nitrogens with one attached hydrogen (secondary N) is 2. The molecule has 0 aliphatic carbocycles. The van der Waals surface area contributed by atoms with Gasteiger partial charge in [0.25, 0.3) is 0 Å². The van der Waals surface area contributed by atoms with Gasteiger partial charge in [-0.2, -0.15) is 4.57 Å². The normalized spacial score (nSPS) is 11.1. The van der Waals surface area contributed by atoms with Crippen LogP contribution in [0.3, 0.4) is 0 Å². The SMILES string of the molecule is CCNc1ccc(CCOc2cc[n+](Cc3ccc4c(=O)cc[nH]c4c3)c3ccccc23)cn1. The van der Waals surface area contributed by atoms with Crippen LogP contribution in [-0.4, -0.2) is 23.1 Å². The van der Waals surface area contributed by atoms with Crippen LogP contribution in [0.15, 0.2) is 90.1 Å². The minimum Gasteiger partial charge on any atom is -0.492 e. The molecule has 0 aliphatic heterocycles. The smallest absolute Gasteiger partial charge is 0.216 e. The first-order valence-electron chi connectivity index (χ1n) is 11.5. The number of anilines is 1. The van der Waals surface area contributed by atoms with Gasteiger partial charge in [0.15, 0.2) is 18.2 Å². The molecule has 34 heavy (non-hydrogen) atoms. The number of nitrogens with zero attached hydrogens (tertiary/aromatic N) is 2. The predicted molar refractivity (Wildman–Crippen MR) is 135 cm³/mol. The van der Waals surface area contributed by atoms with Gasteiger partial charge in [-0.15, -0.1) is 0 Å². The molecule has 0 saturated heterocycles. The van der Waals surface area contributed by atoms with E-state index >= 15 is 0 Å². The summed E-state index contributed by atoms with van der Waals surface area (Å²) in [5.41, 5.74) is 4.24. The number of pyridine rings is 3. The van der Waals surface area contributed by atoms with Crippen LogP contribution in [0.25, 0.3) is 21.8 Å².